The minimum Gasteiger partial charge on any atom is -0.481 e. The van der Waals surface area contributed by atoms with Crippen LogP contribution in [0, 0.1) is 0 Å². The van der Waals surface area contributed by atoms with E-state index in [1.54, 1.807) is 0 Å². The molecular weight excluding hydrogens is 917 g/mol. The van der Waals surface area contributed by atoms with Crippen LogP contribution in [0.25, 0.3) is 0 Å². The summed E-state index contributed by atoms with van der Waals surface area (Å²) in [6, 6.07) is -11.4. The highest BCUT2D eigenvalue weighted by molar-refractivity contribution is 6.00. The van der Waals surface area contributed by atoms with Gasteiger partial charge >= 0.3 is 29.8 Å². The fourth-order valence-corrected chi connectivity index (χ4v) is 6.30. The Labute approximate surface area is 400 Å². The Balaban J connectivity index is 6.39. The summed E-state index contributed by atoms with van der Waals surface area (Å²) in [6.07, 6.45) is 3.76. The minimum absolute atomic E-state index is 0.00666. The summed E-state index contributed by atoms with van der Waals surface area (Å²) in [6.45, 7) is 6.20. The molecule has 7 atom stereocenters. The van der Waals surface area contributed by atoms with Crippen molar-refractivity contribution in [3.8, 4) is 0 Å². The maximum Gasteiger partial charge on any atom is 0.326 e. The highest BCUT2D eigenvalue weighted by Crippen LogP contribution is 2.12. The molecule has 0 aliphatic carbocycles. The molecule has 25 nitrogen and oxygen atoms in total. The predicted octanol–water partition coefficient (Wildman–Crippen LogP) is -0.431. The van der Waals surface area contributed by atoms with E-state index in [0.29, 0.717) is 13.0 Å². The van der Waals surface area contributed by atoms with Crippen LogP contribution in [0.15, 0.2) is 0 Å². The largest absolute Gasteiger partial charge is 0.481 e. The number of carboxylic acid groups (broad SMARTS) is 3. The average Bonchev–Trinajstić information content (AvgIpc) is 3.24. The zero-order chi connectivity index (χ0) is 52.5. The minimum atomic E-state index is -2.08. The number of Topliss-reactive ketones (excluding diaryl/α,β-unsaturated/α-hetero) is 2. The second-order valence-corrected chi connectivity index (χ2v) is 16.4. The van der Waals surface area contributed by atoms with Gasteiger partial charge in [-0.2, -0.15) is 0 Å². The number of aliphatic carboxylic acids is 3. The molecule has 0 aromatic rings. The number of nitrogens with one attached hydrogen (secondary N) is 5. The van der Waals surface area contributed by atoms with Crippen molar-refractivity contribution >= 4 is 70.9 Å². The fourth-order valence-electron chi connectivity index (χ4n) is 6.30. The van der Waals surface area contributed by atoms with Gasteiger partial charge in [-0.3, -0.25) is 52.7 Å². The van der Waals surface area contributed by atoms with Gasteiger partial charge in [0.25, 0.3) is 0 Å². The lowest BCUT2D eigenvalue weighted by Gasteiger charge is -2.26. The highest BCUT2D eigenvalue weighted by atomic mass is 16.6. The molecule has 392 valence electrons. The Hall–Kier alpha value is -6.08. The van der Waals surface area contributed by atoms with Crippen molar-refractivity contribution in [1.29, 1.82) is 0 Å². The second kappa shape index (κ2) is 36.0. The van der Waals surface area contributed by atoms with E-state index in [9.17, 15) is 67.7 Å². The fraction of sp³-hybridized carbons (Fsp3) is 0.727. The average molecular weight is 989 g/mol. The third-order valence-electron chi connectivity index (χ3n) is 9.86. The van der Waals surface area contributed by atoms with Crippen molar-refractivity contribution in [3.05, 3.63) is 0 Å². The molecule has 0 heterocycles. The monoisotopic (exact) mass is 988 g/mol. The van der Waals surface area contributed by atoms with Gasteiger partial charge in [0.2, 0.25) is 29.5 Å². The highest BCUT2D eigenvalue weighted by Gasteiger charge is 2.36. The number of methoxy groups -OCH3 is 1. The quantitative estimate of drug-likeness (QED) is 0.0278. The van der Waals surface area contributed by atoms with Crippen molar-refractivity contribution in [3.63, 3.8) is 0 Å². The molecule has 0 saturated heterocycles. The molecule has 0 aliphatic rings. The van der Waals surface area contributed by atoms with Crippen molar-refractivity contribution in [2.45, 2.75) is 173 Å². The first kappa shape index (κ1) is 62.9. The van der Waals surface area contributed by atoms with Gasteiger partial charge < -0.3 is 66.6 Å². The molecular formula is C44H72N6O19. The number of carbonyl (C=O) groups excluding carboxylic acids is 9. The summed E-state index contributed by atoms with van der Waals surface area (Å²) >= 11 is 0. The van der Waals surface area contributed by atoms with Crippen molar-refractivity contribution < 1.29 is 91.8 Å². The molecule has 0 aromatic carbocycles. The molecule has 0 saturated carbocycles. The van der Waals surface area contributed by atoms with E-state index in [0.717, 1.165) is 58.8 Å². The number of hydrogen-bond donors (Lipinski definition) is 9. The van der Waals surface area contributed by atoms with Gasteiger partial charge in [0.1, 0.15) is 47.9 Å². The molecule has 0 radical (unpaired) electrons. The first-order valence-electron chi connectivity index (χ1n) is 22.8. The number of amides is 5. The van der Waals surface area contributed by atoms with Crippen molar-refractivity contribution in [2.75, 3.05) is 33.5 Å². The van der Waals surface area contributed by atoms with Gasteiger partial charge in [-0.25, -0.2) is 4.79 Å². The summed E-state index contributed by atoms with van der Waals surface area (Å²) in [5, 5.41) is 38.2. The van der Waals surface area contributed by atoms with E-state index >= 15 is 0 Å². The summed E-state index contributed by atoms with van der Waals surface area (Å²) in [5.74, 6) is -14.9. The Morgan fingerprint density at radius 3 is 1.33 bits per heavy atom. The standard InChI is InChI=1S/C44H72N6O19/c1-6-7-8-9-10-11-12-13-14-15-16-68-37(57)24-33(49-40(60)30(19-26(2)51)46-39(59)29(45)21-38(58)69-28(4)25-67-18-17-66-5)43(63)47-31(20-27(3)52)41(61)48-32(22-35(53)54)42(62)50-34(44(64)65)23-36(55)56/h28-34H,6-25,45H2,1-5H3,(H,46,59)(H,47,63)(H,48,61)(H,49,60)(H,50,62)(H,53,54)(H,55,56)(H,64,65). The van der Waals surface area contributed by atoms with E-state index < -0.39 is 152 Å². The Bertz CT molecular complexity index is 1730. The predicted molar refractivity (Wildman–Crippen MR) is 241 cm³/mol. The molecule has 0 aromatic heterocycles. The smallest absolute Gasteiger partial charge is 0.326 e. The van der Waals surface area contributed by atoms with Gasteiger partial charge in [0, 0.05) is 20.0 Å². The number of rotatable bonds is 40. The van der Waals surface area contributed by atoms with E-state index in [-0.39, 0.29) is 19.8 Å². The van der Waals surface area contributed by atoms with Gasteiger partial charge in [0.05, 0.1) is 58.2 Å². The number of carboxylic acids is 3. The van der Waals surface area contributed by atoms with E-state index in [4.69, 9.17) is 29.8 Å². The molecule has 69 heavy (non-hydrogen) atoms. The van der Waals surface area contributed by atoms with Gasteiger partial charge in [0.15, 0.2) is 0 Å². The zero-order valence-electron chi connectivity index (χ0n) is 40.1. The summed E-state index contributed by atoms with van der Waals surface area (Å²) in [4.78, 5) is 152. The van der Waals surface area contributed by atoms with Crippen LogP contribution in [0.2, 0.25) is 0 Å². The molecule has 0 rings (SSSR count). The number of nitrogens with two attached hydrogens (primary N) is 1. The van der Waals surface area contributed by atoms with Crippen LogP contribution in [0.1, 0.15) is 130 Å². The SMILES string of the molecule is CCCCCCCCCCCCOC(=O)CC(NC(=O)C(CC(C)=O)NC(=O)C(N)CC(=O)OC(C)COCCOC)C(=O)NC(CC(C)=O)C(=O)NC(CC(=O)O)C(=O)NC(CC(=O)O)C(=O)O. The Kier molecular flexibility index (Phi) is 32.8. The molecule has 0 aliphatic heterocycles. The number of unbranched alkanes of at least 4 members (excludes halogenated alkanes) is 9. The van der Waals surface area contributed by atoms with Crippen LogP contribution in [-0.2, 0) is 76.5 Å². The summed E-state index contributed by atoms with van der Waals surface area (Å²) < 4.78 is 20.7. The first-order chi connectivity index (χ1) is 32.5. The third-order valence-corrected chi connectivity index (χ3v) is 9.86. The summed E-state index contributed by atoms with van der Waals surface area (Å²) in [5.41, 5.74) is 5.93. The second-order valence-electron chi connectivity index (χ2n) is 16.4. The molecule has 0 fully saturated rings. The number of carbonyl (C=O) groups is 12. The summed E-state index contributed by atoms with van der Waals surface area (Å²) in [7, 11) is 1.47. The van der Waals surface area contributed by atoms with Crippen LogP contribution in [0.5, 0.6) is 0 Å². The molecule has 7 unspecified atom stereocenters. The zero-order valence-corrected chi connectivity index (χ0v) is 40.1. The first-order valence-corrected chi connectivity index (χ1v) is 22.8. The number of ether oxygens (including phenoxy) is 4. The van der Waals surface area contributed by atoms with Crippen LogP contribution in [0.3, 0.4) is 0 Å². The topological polar surface area (TPSA) is 389 Å². The van der Waals surface area contributed by atoms with Crippen LogP contribution in [0.4, 0.5) is 0 Å². The van der Waals surface area contributed by atoms with Gasteiger partial charge in [-0.15, -0.1) is 0 Å². The Morgan fingerprint density at radius 1 is 0.493 bits per heavy atom. The number of hydrogen-bond acceptors (Lipinski definition) is 17. The normalized spacial score (nSPS) is 13.9. The van der Waals surface area contributed by atoms with Crippen LogP contribution >= 0.6 is 0 Å². The maximum atomic E-state index is 13.9. The lowest BCUT2D eigenvalue weighted by atomic mass is 10.1. The van der Waals surface area contributed by atoms with Crippen molar-refractivity contribution in [2.24, 2.45) is 5.73 Å². The number of esters is 2. The molecule has 10 N–H and O–H groups in total. The maximum absolute atomic E-state index is 13.9. The lowest BCUT2D eigenvalue weighted by Crippen LogP contribution is -2.60. The lowest BCUT2D eigenvalue weighted by molar-refractivity contribution is -0.153. The van der Waals surface area contributed by atoms with Crippen LogP contribution < -0.4 is 32.3 Å². The van der Waals surface area contributed by atoms with Crippen LogP contribution in [-0.4, -0.2) is 162 Å². The Morgan fingerprint density at radius 2 is 0.899 bits per heavy atom. The molecule has 0 bridgehead atoms. The molecule has 5 amide bonds. The third kappa shape index (κ3) is 30.8. The van der Waals surface area contributed by atoms with E-state index in [1.165, 1.54) is 26.9 Å². The van der Waals surface area contributed by atoms with Gasteiger partial charge in [-0.1, -0.05) is 64.7 Å². The molecule has 25 heteroatoms. The van der Waals surface area contributed by atoms with Gasteiger partial charge in [-0.05, 0) is 27.2 Å². The van der Waals surface area contributed by atoms with Crippen molar-refractivity contribution in [1.82, 2.24) is 26.6 Å². The van der Waals surface area contributed by atoms with E-state index in [1.807, 2.05) is 10.6 Å². The number of ketones is 2. The van der Waals surface area contributed by atoms with E-state index in [2.05, 4.69) is 22.9 Å². The molecule has 0 spiro atoms.